The molecular weight excluding hydrogens is 248 g/mol. The Balaban J connectivity index is 1.79. The molecule has 0 saturated carbocycles. The number of nitrogens with zero attached hydrogens (tertiary/aromatic N) is 4. The molecule has 0 atom stereocenters. The van der Waals surface area contributed by atoms with E-state index in [0.717, 1.165) is 16.8 Å². The molecule has 20 heavy (non-hydrogen) atoms. The van der Waals surface area contributed by atoms with Crippen LogP contribution in [0.4, 0.5) is 0 Å². The molecule has 0 aliphatic heterocycles. The van der Waals surface area contributed by atoms with Crippen molar-refractivity contribution in [2.75, 3.05) is 0 Å². The molecule has 0 radical (unpaired) electrons. The Morgan fingerprint density at radius 1 is 1.00 bits per heavy atom. The summed E-state index contributed by atoms with van der Waals surface area (Å²) in [6, 6.07) is 18.1. The highest BCUT2D eigenvalue weighted by Crippen LogP contribution is 2.14. The summed E-state index contributed by atoms with van der Waals surface area (Å²) in [7, 11) is 0. The van der Waals surface area contributed by atoms with Crippen LogP contribution in [0.2, 0.25) is 0 Å². The highest BCUT2D eigenvalue weighted by molar-refractivity contribution is 5.79. The van der Waals surface area contributed by atoms with Gasteiger partial charge in [-0.15, -0.1) is 9.89 Å². The number of rotatable bonds is 3. The molecule has 0 N–H and O–H groups in total. The first-order valence-corrected chi connectivity index (χ1v) is 6.40. The number of aryl methyl sites for hydroxylation is 1. The van der Waals surface area contributed by atoms with Crippen molar-refractivity contribution in [3.63, 3.8) is 0 Å². The van der Waals surface area contributed by atoms with Crippen LogP contribution in [0, 0.1) is 6.92 Å². The first kappa shape index (κ1) is 12.3. The molecule has 0 unspecified atom stereocenters. The maximum atomic E-state index is 4.27. The topological polar surface area (TPSA) is 43.1 Å². The molecule has 2 aromatic carbocycles. The molecule has 3 aromatic rings. The number of benzene rings is 2. The highest BCUT2D eigenvalue weighted by Gasteiger charge is 2.01. The second-order valence-corrected chi connectivity index (χ2v) is 4.55. The molecule has 0 aliphatic carbocycles. The molecule has 4 nitrogen and oxygen atoms in total. The molecule has 0 saturated heterocycles. The third-order valence-corrected chi connectivity index (χ3v) is 2.95. The molecule has 0 amide bonds. The summed E-state index contributed by atoms with van der Waals surface area (Å²) in [6.07, 6.45) is 3.57. The fourth-order valence-electron chi connectivity index (χ4n) is 1.83. The van der Waals surface area contributed by atoms with Crippen LogP contribution in [-0.4, -0.2) is 21.3 Å². The molecule has 3 rings (SSSR count). The van der Waals surface area contributed by atoms with Crippen molar-refractivity contribution in [2.24, 2.45) is 5.10 Å². The highest BCUT2D eigenvalue weighted by atomic mass is 15.6. The Morgan fingerprint density at radius 3 is 2.50 bits per heavy atom. The number of hydrogen-bond acceptors (Lipinski definition) is 3. The molecule has 0 spiro atoms. The van der Waals surface area contributed by atoms with E-state index in [2.05, 4.69) is 34.5 Å². The van der Waals surface area contributed by atoms with E-state index in [-0.39, 0.29) is 0 Å². The molecule has 1 heterocycles. The van der Waals surface area contributed by atoms with E-state index in [1.807, 2.05) is 42.5 Å². The van der Waals surface area contributed by atoms with Gasteiger partial charge in [-0.05, 0) is 17.7 Å². The van der Waals surface area contributed by atoms with Gasteiger partial charge in [0.15, 0.2) is 0 Å². The Kier molecular flexibility index (Phi) is 3.37. The molecule has 4 heteroatoms. The van der Waals surface area contributed by atoms with Gasteiger partial charge in [0.1, 0.15) is 5.69 Å². The molecular formula is C16H14N4. The normalized spacial score (nSPS) is 11.1. The van der Waals surface area contributed by atoms with Gasteiger partial charge in [0.05, 0.1) is 12.4 Å². The second-order valence-electron chi connectivity index (χ2n) is 4.55. The van der Waals surface area contributed by atoms with Gasteiger partial charge >= 0.3 is 0 Å². The lowest BCUT2D eigenvalue weighted by Crippen LogP contribution is -1.91. The Morgan fingerprint density at radius 2 is 1.75 bits per heavy atom. The van der Waals surface area contributed by atoms with E-state index in [1.165, 1.54) is 10.4 Å². The van der Waals surface area contributed by atoms with E-state index in [0.29, 0.717) is 0 Å². The fraction of sp³-hybridized carbons (Fsp3) is 0.0625. The maximum Gasteiger partial charge on any atom is 0.115 e. The van der Waals surface area contributed by atoms with Gasteiger partial charge in [-0.3, -0.25) is 0 Å². The van der Waals surface area contributed by atoms with Gasteiger partial charge in [-0.25, -0.2) is 0 Å². The summed E-state index contributed by atoms with van der Waals surface area (Å²) in [4.78, 5) is 1.47. The minimum absolute atomic E-state index is 0.812. The van der Waals surface area contributed by atoms with Gasteiger partial charge in [-0.2, -0.15) is 5.10 Å². The number of aromatic nitrogens is 3. The Bertz CT molecular complexity index is 712. The second kappa shape index (κ2) is 5.48. The summed E-state index contributed by atoms with van der Waals surface area (Å²) in [6.45, 7) is 2.06. The molecule has 0 aliphatic rings. The van der Waals surface area contributed by atoms with Gasteiger partial charge in [-0.1, -0.05) is 60.2 Å². The lowest BCUT2D eigenvalue weighted by Gasteiger charge is -1.94. The quantitative estimate of drug-likeness (QED) is 0.680. The third kappa shape index (κ3) is 2.80. The SMILES string of the molecule is Cc1ccc(/C=N/n2cc(-c3ccccc3)nn2)cc1. The van der Waals surface area contributed by atoms with Crippen LogP contribution in [0.5, 0.6) is 0 Å². The van der Waals surface area contributed by atoms with Crippen molar-refractivity contribution in [3.8, 4) is 11.3 Å². The van der Waals surface area contributed by atoms with Crippen LogP contribution in [0.3, 0.4) is 0 Å². The average molecular weight is 262 g/mol. The minimum atomic E-state index is 0.812. The summed E-state index contributed by atoms with van der Waals surface area (Å²) < 4.78 is 0. The summed E-state index contributed by atoms with van der Waals surface area (Å²) >= 11 is 0. The summed E-state index contributed by atoms with van der Waals surface area (Å²) in [5.41, 5.74) is 4.11. The van der Waals surface area contributed by atoms with Crippen LogP contribution in [0.1, 0.15) is 11.1 Å². The minimum Gasteiger partial charge on any atom is -0.157 e. The fourth-order valence-corrected chi connectivity index (χ4v) is 1.83. The first-order valence-electron chi connectivity index (χ1n) is 6.40. The lowest BCUT2D eigenvalue weighted by molar-refractivity contribution is 0.697. The van der Waals surface area contributed by atoms with Crippen molar-refractivity contribution >= 4 is 6.21 Å². The zero-order valence-electron chi connectivity index (χ0n) is 11.1. The third-order valence-electron chi connectivity index (χ3n) is 2.95. The van der Waals surface area contributed by atoms with E-state index < -0.39 is 0 Å². The van der Waals surface area contributed by atoms with Crippen molar-refractivity contribution in [1.29, 1.82) is 0 Å². The predicted octanol–water partition coefficient (Wildman–Crippen LogP) is 3.14. The molecule has 0 fully saturated rings. The Labute approximate surface area is 117 Å². The van der Waals surface area contributed by atoms with Crippen molar-refractivity contribution < 1.29 is 0 Å². The van der Waals surface area contributed by atoms with Gasteiger partial charge < -0.3 is 0 Å². The molecule has 1 aromatic heterocycles. The summed E-state index contributed by atoms with van der Waals surface area (Å²) in [5, 5.41) is 12.4. The van der Waals surface area contributed by atoms with Crippen molar-refractivity contribution in [1.82, 2.24) is 15.1 Å². The monoisotopic (exact) mass is 262 g/mol. The standard InChI is InChI=1S/C16H14N4/c1-13-7-9-14(10-8-13)11-17-20-12-16(18-19-20)15-5-3-2-4-6-15/h2-12H,1H3/b17-11+. The zero-order chi connectivity index (χ0) is 13.8. The number of hydrogen-bond donors (Lipinski definition) is 0. The van der Waals surface area contributed by atoms with Crippen molar-refractivity contribution in [3.05, 3.63) is 71.9 Å². The largest absolute Gasteiger partial charge is 0.157 e. The van der Waals surface area contributed by atoms with Gasteiger partial charge in [0.2, 0.25) is 0 Å². The van der Waals surface area contributed by atoms with E-state index in [1.54, 1.807) is 12.4 Å². The van der Waals surface area contributed by atoms with Gasteiger partial charge in [0, 0.05) is 5.56 Å². The van der Waals surface area contributed by atoms with Crippen LogP contribution in [-0.2, 0) is 0 Å². The lowest BCUT2D eigenvalue weighted by atomic mass is 10.2. The van der Waals surface area contributed by atoms with Crippen LogP contribution < -0.4 is 0 Å². The smallest absolute Gasteiger partial charge is 0.115 e. The van der Waals surface area contributed by atoms with Crippen molar-refractivity contribution in [2.45, 2.75) is 6.92 Å². The van der Waals surface area contributed by atoms with Crippen LogP contribution >= 0.6 is 0 Å². The predicted molar refractivity (Wildman–Crippen MR) is 79.6 cm³/mol. The van der Waals surface area contributed by atoms with Gasteiger partial charge in [0.25, 0.3) is 0 Å². The zero-order valence-corrected chi connectivity index (χ0v) is 11.1. The first-order chi connectivity index (χ1) is 9.81. The van der Waals surface area contributed by atoms with E-state index >= 15 is 0 Å². The van der Waals surface area contributed by atoms with Crippen LogP contribution in [0.25, 0.3) is 11.3 Å². The maximum absolute atomic E-state index is 4.27. The Hall–Kier alpha value is -2.75. The van der Waals surface area contributed by atoms with E-state index in [9.17, 15) is 0 Å². The summed E-state index contributed by atoms with van der Waals surface area (Å²) in [5.74, 6) is 0. The molecule has 98 valence electrons. The average Bonchev–Trinajstić information content (AvgIpc) is 2.97. The van der Waals surface area contributed by atoms with E-state index in [4.69, 9.17) is 0 Å². The van der Waals surface area contributed by atoms with Crippen LogP contribution in [0.15, 0.2) is 65.9 Å². The molecule has 0 bridgehead atoms.